The zero-order chi connectivity index (χ0) is 16.9. The van der Waals surface area contributed by atoms with Gasteiger partial charge in [-0.3, -0.25) is 4.79 Å². The lowest BCUT2D eigenvalue weighted by Crippen LogP contribution is -2.27. The Morgan fingerprint density at radius 2 is 1.92 bits per heavy atom. The highest BCUT2D eigenvalue weighted by atomic mass is 16.1. The maximum atomic E-state index is 12.4. The van der Waals surface area contributed by atoms with Crippen LogP contribution in [0.3, 0.4) is 0 Å². The molecule has 0 saturated heterocycles. The first-order valence-corrected chi connectivity index (χ1v) is 8.04. The number of nitrogens with zero attached hydrogens (tertiary/aromatic N) is 2. The molecular weight excluding hydrogens is 298 g/mol. The summed E-state index contributed by atoms with van der Waals surface area (Å²) < 4.78 is 2.00. The third kappa shape index (κ3) is 3.71. The Morgan fingerprint density at radius 3 is 2.58 bits per heavy atom. The average Bonchev–Trinajstić information content (AvgIpc) is 3.08. The summed E-state index contributed by atoms with van der Waals surface area (Å²) in [5.41, 5.74) is 4.13. The number of hydrogen-bond donors (Lipinski definition) is 1. The molecule has 1 amide bonds. The van der Waals surface area contributed by atoms with Gasteiger partial charge in [-0.05, 0) is 42.7 Å². The number of aryl methyl sites for hydroxylation is 1. The predicted octanol–water partition coefficient (Wildman–Crippen LogP) is 3.73. The third-order valence-corrected chi connectivity index (χ3v) is 4.14. The highest BCUT2D eigenvalue weighted by Crippen LogP contribution is 2.17. The van der Waals surface area contributed by atoms with Gasteiger partial charge < -0.3 is 9.88 Å². The molecule has 0 fully saturated rings. The number of carbonyl (C=O) groups is 1. The summed E-state index contributed by atoms with van der Waals surface area (Å²) in [5.74, 6) is -0.0556. The molecule has 4 heteroatoms. The van der Waals surface area contributed by atoms with Crippen LogP contribution in [0.25, 0.3) is 0 Å². The van der Waals surface area contributed by atoms with Gasteiger partial charge in [0.05, 0.1) is 12.4 Å². The first-order valence-electron chi connectivity index (χ1n) is 8.04. The van der Waals surface area contributed by atoms with Gasteiger partial charge in [-0.2, -0.15) is 0 Å². The van der Waals surface area contributed by atoms with Crippen molar-refractivity contribution < 1.29 is 4.79 Å². The Labute approximate surface area is 142 Å². The van der Waals surface area contributed by atoms with Crippen molar-refractivity contribution in [2.75, 3.05) is 0 Å². The van der Waals surface area contributed by atoms with Crippen LogP contribution in [0.1, 0.15) is 40.0 Å². The lowest BCUT2D eigenvalue weighted by molar-refractivity contribution is 0.0940. The summed E-state index contributed by atoms with van der Waals surface area (Å²) in [5, 5.41) is 3.06. The van der Waals surface area contributed by atoms with E-state index in [2.05, 4.69) is 29.4 Å². The number of nitrogens with one attached hydrogen (secondary N) is 1. The van der Waals surface area contributed by atoms with E-state index in [1.807, 2.05) is 54.1 Å². The van der Waals surface area contributed by atoms with Crippen LogP contribution >= 0.6 is 0 Å². The minimum Gasteiger partial charge on any atom is -0.346 e. The van der Waals surface area contributed by atoms with Crippen LogP contribution in [0, 0.1) is 6.92 Å². The normalized spacial score (nSPS) is 11.9. The van der Waals surface area contributed by atoms with E-state index in [4.69, 9.17) is 0 Å². The van der Waals surface area contributed by atoms with Crippen LogP contribution in [0.2, 0.25) is 0 Å². The van der Waals surface area contributed by atoms with E-state index in [0.717, 1.165) is 17.7 Å². The maximum Gasteiger partial charge on any atom is 0.251 e. The van der Waals surface area contributed by atoms with Gasteiger partial charge in [0.2, 0.25) is 0 Å². The standard InChI is InChI=1S/C20H21N3O/c1-15-5-3-4-6-19(15)16(2)22-20(24)18-9-7-17(8-10-18)13-23-12-11-21-14-23/h3-12,14,16H,13H2,1-2H3,(H,22,24). The number of benzene rings is 2. The zero-order valence-corrected chi connectivity index (χ0v) is 13.9. The van der Waals surface area contributed by atoms with Crippen molar-refractivity contribution in [1.82, 2.24) is 14.9 Å². The minimum atomic E-state index is -0.0556. The van der Waals surface area contributed by atoms with E-state index in [0.29, 0.717) is 5.56 Å². The molecule has 0 spiro atoms. The summed E-state index contributed by atoms with van der Waals surface area (Å²) >= 11 is 0. The van der Waals surface area contributed by atoms with Crippen LogP contribution in [-0.4, -0.2) is 15.5 Å². The topological polar surface area (TPSA) is 46.9 Å². The van der Waals surface area contributed by atoms with Crippen LogP contribution in [0.5, 0.6) is 0 Å². The smallest absolute Gasteiger partial charge is 0.251 e. The SMILES string of the molecule is Cc1ccccc1C(C)NC(=O)c1ccc(Cn2ccnc2)cc1. The summed E-state index contributed by atoms with van der Waals surface area (Å²) in [6.45, 7) is 4.82. The lowest BCUT2D eigenvalue weighted by Gasteiger charge is -2.16. The van der Waals surface area contributed by atoms with Crippen molar-refractivity contribution in [2.45, 2.75) is 26.4 Å². The number of amides is 1. The monoisotopic (exact) mass is 319 g/mol. The van der Waals surface area contributed by atoms with Crippen molar-refractivity contribution in [1.29, 1.82) is 0 Å². The van der Waals surface area contributed by atoms with Gasteiger partial charge in [-0.1, -0.05) is 36.4 Å². The molecule has 3 rings (SSSR count). The molecule has 0 aliphatic heterocycles. The second kappa shape index (κ2) is 7.13. The number of imidazole rings is 1. The number of carbonyl (C=O) groups excluding carboxylic acids is 1. The Bertz CT molecular complexity index is 807. The second-order valence-corrected chi connectivity index (χ2v) is 5.98. The van der Waals surface area contributed by atoms with Gasteiger partial charge in [0.1, 0.15) is 0 Å². The first kappa shape index (κ1) is 16.0. The molecular formula is C20H21N3O. The molecule has 1 unspecified atom stereocenters. The number of rotatable bonds is 5. The van der Waals surface area contributed by atoms with Crippen LogP contribution < -0.4 is 5.32 Å². The molecule has 0 saturated carbocycles. The van der Waals surface area contributed by atoms with Crippen molar-refractivity contribution in [3.63, 3.8) is 0 Å². The molecule has 3 aromatic rings. The number of aromatic nitrogens is 2. The van der Waals surface area contributed by atoms with E-state index in [-0.39, 0.29) is 11.9 Å². The fourth-order valence-corrected chi connectivity index (χ4v) is 2.78. The van der Waals surface area contributed by atoms with Gasteiger partial charge in [-0.25, -0.2) is 4.98 Å². The molecule has 0 aliphatic carbocycles. The van der Waals surface area contributed by atoms with E-state index in [1.165, 1.54) is 5.56 Å². The van der Waals surface area contributed by atoms with Crippen molar-refractivity contribution in [2.24, 2.45) is 0 Å². The van der Waals surface area contributed by atoms with Gasteiger partial charge in [0.25, 0.3) is 5.91 Å². The molecule has 0 bridgehead atoms. The molecule has 4 nitrogen and oxygen atoms in total. The van der Waals surface area contributed by atoms with Crippen LogP contribution in [0.4, 0.5) is 0 Å². The summed E-state index contributed by atoms with van der Waals surface area (Å²) in [7, 11) is 0. The van der Waals surface area contributed by atoms with Gasteiger partial charge in [0, 0.05) is 24.5 Å². The highest BCUT2D eigenvalue weighted by molar-refractivity contribution is 5.94. The Morgan fingerprint density at radius 1 is 1.17 bits per heavy atom. The molecule has 1 aromatic heterocycles. The van der Waals surface area contributed by atoms with E-state index < -0.39 is 0 Å². The predicted molar refractivity (Wildman–Crippen MR) is 94.8 cm³/mol. The molecule has 122 valence electrons. The van der Waals surface area contributed by atoms with Crippen molar-refractivity contribution >= 4 is 5.91 Å². The first-order chi connectivity index (χ1) is 11.6. The van der Waals surface area contributed by atoms with Crippen molar-refractivity contribution in [3.8, 4) is 0 Å². The molecule has 0 aliphatic rings. The van der Waals surface area contributed by atoms with Gasteiger partial charge in [0.15, 0.2) is 0 Å². The highest BCUT2D eigenvalue weighted by Gasteiger charge is 2.12. The summed E-state index contributed by atoms with van der Waals surface area (Å²) in [6, 6.07) is 15.8. The second-order valence-electron chi connectivity index (χ2n) is 5.98. The van der Waals surface area contributed by atoms with E-state index >= 15 is 0 Å². The molecule has 0 radical (unpaired) electrons. The third-order valence-electron chi connectivity index (χ3n) is 4.14. The molecule has 1 N–H and O–H groups in total. The van der Waals surface area contributed by atoms with Crippen molar-refractivity contribution in [3.05, 3.63) is 89.5 Å². The Balaban J connectivity index is 1.66. The summed E-state index contributed by atoms with van der Waals surface area (Å²) in [4.78, 5) is 16.5. The zero-order valence-electron chi connectivity index (χ0n) is 13.9. The molecule has 24 heavy (non-hydrogen) atoms. The molecule has 1 atom stereocenters. The fraction of sp³-hybridized carbons (Fsp3) is 0.200. The van der Waals surface area contributed by atoms with Gasteiger partial charge in [-0.15, -0.1) is 0 Å². The van der Waals surface area contributed by atoms with Crippen LogP contribution in [-0.2, 0) is 6.54 Å². The Kier molecular flexibility index (Phi) is 4.75. The van der Waals surface area contributed by atoms with Crippen LogP contribution in [0.15, 0.2) is 67.3 Å². The Hall–Kier alpha value is -2.88. The average molecular weight is 319 g/mol. The van der Waals surface area contributed by atoms with E-state index in [1.54, 1.807) is 12.5 Å². The largest absolute Gasteiger partial charge is 0.346 e. The summed E-state index contributed by atoms with van der Waals surface area (Å²) in [6.07, 6.45) is 5.46. The lowest BCUT2D eigenvalue weighted by atomic mass is 10.0. The quantitative estimate of drug-likeness (QED) is 0.779. The maximum absolute atomic E-state index is 12.4. The fourth-order valence-electron chi connectivity index (χ4n) is 2.78. The molecule has 1 heterocycles. The number of hydrogen-bond acceptors (Lipinski definition) is 2. The molecule has 2 aromatic carbocycles. The minimum absolute atomic E-state index is 0.0238. The van der Waals surface area contributed by atoms with E-state index in [9.17, 15) is 4.79 Å². The van der Waals surface area contributed by atoms with Gasteiger partial charge >= 0.3 is 0 Å².